The third-order valence-corrected chi connectivity index (χ3v) is 7.12. The molecule has 1 unspecified atom stereocenters. The number of likely N-dealkylation sites (tertiary alicyclic amines) is 1. The molecule has 5 rings (SSSR count). The first-order valence-electron chi connectivity index (χ1n) is 12.5. The maximum Gasteiger partial charge on any atom is 0.269 e. The summed E-state index contributed by atoms with van der Waals surface area (Å²) in [6, 6.07) is 15.0. The van der Waals surface area contributed by atoms with Crippen LogP contribution in [0.4, 0.5) is 0 Å². The Morgan fingerprint density at radius 3 is 2.28 bits per heavy atom. The fourth-order valence-corrected chi connectivity index (χ4v) is 5.32. The molecule has 0 bridgehead atoms. The van der Waals surface area contributed by atoms with E-state index in [9.17, 15) is 4.79 Å². The lowest BCUT2D eigenvalue weighted by Gasteiger charge is -2.37. The maximum atomic E-state index is 12.6. The molecule has 2 aliphatic heterocycles. The minimum Gasteiger partial charge on any atom is -0.497 e. The Hall–Kier alpha value is -3.94. The van der Waals surface area contributed by atoms with Crippen LogP contribution < -0.4 is 20.6 Å². The van der Waals surface area contributed by atoms with Gasteiger partial charge in [-0.15, -0.1) is 0 Å². The number of hydrogen-bond donors (Lipinski definition) is 2. The molecule has 1 fully saturated rings. The third-order valence-electron chi connectivity index (χ3n) is 7.12. The molecule has 0 radical (unpaired) electrons. The van der Waals surface area contributed by atoms with E-state index in [1.165, 1.54) is 0 Å². The zero-order chi connectivity index (χ0) is 25.1. The van der Waals surface area contributed by atoms with Crippen molar-refractivity contribution < 1.29 is 14.3 Å². The zero-order valence-electron chi connectivity index (χ0n) is 20.8. The van der Waals surface area contributed by atoms with Gasteiger partial charge in [-0.2, -0.15) is 0 Å². The molecular formula is C28H33N5O3. The van der Waals surface area contributed by atoms with Crippen molar-refractivity contribution >= 4 is 5.91 Å². The van der Waals surface area contributed by atoms with Crippen LogP contribution >= 0.6 is 0 Å². The van der Waals surface area contributed by atoms with E-state index < -0.39 is 5.91 Å². The molecule has 2 aliphatic rings. The molecule has 8 nitrogen and oxygen atoms in total. The highest BCUT2D eigenvalue weighted by Crippen LogP contribution is 2.39. The van der Waals surface area contributed by atoms with Crippen LogP contribution in [0, 0.1) is 5.92 Å². The number of primary amides is 1. The van der Waals surface area contributed by atoms with Crippen LogP contribution in [0.5, 0.6) is 17.2 Å². The van der Waals surface area contributed by atoms with Gasteiger partial charge >= 0.3 is 0 Å². The quantitative estimate of drug-likeness (QED) is 0.501. The van der Waals surface area contributed by atoms with E-state index in [4.69, 9.17) is 20.2 Å². The molecule has 3 heterocycles. The lowest BCUT2D eigenvalue weighted by atomic mass is 9.81. The van der Waals surface area contributed by atoms with E-state index in [-0.39, 0.29) is 0 Å². The van der Waals surface area contributed by atoms with Crippen LogP contribution in [-0.4, -0.2) is 47.2 Å². The summed E-state index contributed by atoms with van der Waals surface area (Å²) >= 11 is 0. The molecule has 1 amide bonds. The second-order valence-electron chi connectivity index (χ2n) is 9.33. The molecule has 3 N–H and O–H groups in total. The van der Waals surface area contributed by atoms with Crippen LogP contribution in [0.1, 0.15) is 48.4 Å². The molecule has 188 valence electrons. The number of fused-ring (bicyclic) bond motifs is 1. The van der Waals surface area contributed by atoms with Gasteiger partial charge in [0.05, 0.1) is 7.11 Å². The summed E-state index contributed by atoms with van der Waals surface area (Å²) in [5, 5.41) is 0. The van der Waals surface area contributed by atoms with Gasteiger partial charge in [0.25, 0.3) is 5.91 Å². The first-order valence-corrected chi connectivity index (χ1v) is 12.5. The number of rotatable bonds is 7. The summed E-state index contributed by atoms with van der Waals surface area (Å²) in [7, 11) is 1.63. The molecule has 1 atom stereocenters. The predicted octanol–water partition coefficient (Wildman–Crippen LogP) is 4.73. The van der Waals surface area contributed by atoms with Crippen molar-refractivity contribution in [3.05, 3.63) is 72.3 Å². The second-order valence-corrected chi connectivity index (χ2v) is 9.33. The highest BCUT2D eigenvalue weighted by atomic mass is 16.5. The Morgan fingerprint density at radius 2 is 1.67 bits per heavy atom. The van der Waals surface area contributed by atoms with E-state index in [0.717, 1.165) is 56.0 Å². The van der Waals surface area contributed by atoms with E-state index in [0.29, 0.717) is 34.7 Å². The zero-order valence-corrected chi connectivity index (χ0v) is 20.8. The molecule has 2 aromatic carbocycles. The lowest BCUT2D eigenvalue weighted by Crippen LogP contribution is -2.38. The predicted molar refractivity (Wildman–Crippen MR) is 140 cm³/mol. The number of ether oxygens (including phenoxy) is 2. The molecule has 0 aliphatic carbocycles. The van der Waals surface area contributed by atoms with Crippen molar-refractivity contribution in [1.29, 1.82) is 0 Å². The average Bonchev–Trinajstić information content (AvgIpc) is 3.30. The highest BCUT2D eigenvalue weighted by molar-refractivity contribution is 5.97. The van der Waals surface area contributed by atoms with Gasteiger partial charge in [-0.05, 0) is 86.8 Å². The summed E-state index contributed by atoms with van der Waals surface area (Å²) in [5.74, 6) is 3.43. The minimum atomic E-state index is -0.488. The Morgan fingerprint density at radius 1 is 1.03 bits per heavy atom. The van der Waals surface area contributed by atoms with Gasteiger partial charge < -0.3 is 25.5 Å². The number of allylic oxidation sites excluding steroid dienone is 1. The fraction of sp³-hybridized carbons (Fsp3) is 0.357. The minimum absolute atomic E-state index is 0.295. The maximum absolute atomic E-state index is 12.6. The lowest BCUT2D eigenvalue weighted by molar-refractivity contribution is 0.0992. The SMILES string of the molecule is CC=CN1CCC(C2CCNn3c2nc(-c2ccc(Oc4ccc(OC)cc4)cc2)c3C(N)=O)CC1. The summed E-state index contributed by atoms with van der Waals surface area (Å²) in [4.78, 5) is 19.9. The van der Waals surface area contributed by atoms with Crippen molar-refractivity contribution in [2.24, 2.45) is 11.7 Å². The molecule has 1 saturated heterocycles. The topological polar surface area (TPSA) is 94.6 Å². The number of amides is 1. The fourth-order valence-electron chi connectivity index (χ4n) is 5.32. The first-order chi connectivity index (χ1) is 17.6. The number of carbonyl (C=O) groups is 1. The largest absolute Gasteiger partial charge is 0.497 e. The van der Waals surface area contributed by atoms with Crippen molar-refractivity contribution in [2.45, 2.75) is 32.1 Å². The van der Waals surface area contributed by atoms with Crippen LogP contribution in [0.25, 0.3) is 11.3 Å². The van der Waals surface area contributed by atoms with Gasteiger partial charge in [0.2, 0.25) is 0 Å². The van der Waals surface area contributed by atoms with Gasteiger partial charge in [-0.3, -0.25) is 4.79 Å². The Balaban J connectivity index is 1.39. The van der Waals surface area contributed by atoms with E-state index in [1.807, 2.05) is 53.2 Å². The number of aromatic nitrogens is 2. The number of methoxy groups -OCH3 is 1. The van der Waals surface area contributed by atoms with Crippen LogP contribution in [0.2, 0.25) is 0 Å². The molecule has 3 aromatic rings. The normalized spacial score (nSPS) is 18.1. The monoisotopic (exact) mass is 487 g/mol. The van der Waals surface area contributed by atoms with Gasteiger partial charge in [-0.25, -0.2) is 9.66 Å². The van der Waals surface area contributed by atoms with Crippen LogP contribution in [0.15, 0.2) is 60.8 Å². The van der Waals surface area contributed by atoms with E-state index in [1.54, 1.807) is 7.11 Å². The van der Waals surface area contributed by atoms with Gasteiger partial charge in [0.15, 0.2) is 5.69 Å². The second kappa shape index (κ2) is 10.4. The number of imidazole rings is 1. The average molecular weight is 488 g/mol. The van der Waals surface area contributed by atoms with Crippen molar-refractivity contribution in [2.75, 3.05) is 32.2 Å². The number of carbonyl (C=O) groups excluding carboxylic acids is 1. The molecule has 1 aromatic heterocycles. The number of hydrogen-bond acceptors (Lipinski definition) is 6. The number of nitrogens with one attached hydrogen (secondary N) is 1. The summed E-state index contributed by atoms with van der Waals surface area (Å²) < 4.78 is 13.0. The van der Waals surface area contributed by atoms with Gasteiger partial charge in [0.1, 0.15) is 28.8 Å². The molecule has 0 spiro atoms. The standard InChI is InChI=1S/C28H33N5O3/c1-3-16-32-17-13-19(14-18-32)24-12-15-30-33-26(27(29)34)25(31-28(24)33)20-4-6-22(7-5-20)36-23-10-8-21(35-2)9-11-23/h3-11,16,19,24,30H,12-15,17-18H2,1-2H3,(H2,29,34). The highest BCUT2D eigenvalue weighted by Gasteiger charge is 2.35. The Bertz CT molecular complexity index is 1230. The van der Waals surface area contributed by atoms with Crippen molar-refractivity contribution in [3.8, 4) is 28.5 Å². The van der Waals surface area contributed by atoms with Crippen LogP contribution in [0.3, 0.4) is 0 Å². The summed E-state index contributed by atoms with van der Waals surface area (Å²) in [5.41, 5.74) is 11.1. The first kappa shape index (κ1) is 23.8. The van der Waals surface area contributed by atoms with Crippen LogP contribution in [-0.2, 0) is 0 Å². The van der Waals surface area contributed by atoms with Gasteiger partial charge in [-0.1, -0.05) is 6.08 Å². The van der Waals surface area contributed by atoms with E-state index >= 15 is 0 Å². The number of benzene rings is 2. The van der Waals surface area contributed by atoms with Crippen molar-refractivity contribution in [1.82, 2.24) is 14.6 Å². The number of nitrogens with two attached hydrogens (primary N) is 1. The molecular weight excluding hydrogens is 454 g/mol. The van der Waals surface area contributed by atoms with Gasteiger partial charge in [0, 0.05) is 31.1 Å². The Labute approximate surface area is 211 Å². The van der Waals surface area contributed by atoms with Crippen molar-refractivity contribution in [3.63, 3.8) is 0 Å². The molecule has 36 heavy (non-hydrogen) atoms. The third kappa shape index (κ3) is 4.76. The Kier molecular flexibility index (Phi) is 6.84. The molecule has 8 heteroatoms. The number of nitrogens with zero attached hydrogens (tertiary/aromatic N) is 3. The molecule has 0 saturated carbocycles. The summed E-state index contributed by atoms with van der Waals surface area (Å²) in [6.45, 7) is 4.94. The number of piperidine rings is 1. The van der Waals surface area contributed by atoms with E-state index in [2.05, 4.69) is 29.5 Å². The smallest absolute Gasteiger partial charge is 0.269 e. The summed E-state index contributed by atoms with van der Waals surface area (Å²) in [6.07, 6.45) is 7.49.